The zero-order valence-electron chi connectivity index (χ0n) is 9.06. The number of aryl methyl sites for hydroxylation is 1. The fourth-order valence-corrected chi connectivity index (χ4v) is 3.46. The van der Waals surface area contributed by atoms with Gasteiger partial charge in [0.25, 0.3) is 0 Å². The second-order valence-electron chi connectivity index (χ2n) is 4.24. The minimum Gasteiger partial charge on any atom is -0.327 e. The fourth-order valence-electron chi connectivity index (χ4n) is 2.10. The third-order valence-electron chi connectivity index (χ3n) is 3.05. The molecule has 2 atom stereocenters. The second kappa shape index (κ2) is 5.57. The first-order chi connectivity index (χ1) is 7.36. The largest absolute Gasteiger partial charge is 0.327 e. The molecule has 0 saturated carbocycles. The van der Waals surface area contributed by atoms with Crippen LogP contribution >= 0.6 is 11.8 Å². The van der Waals surface area contributed by atoms with Crippen LogP contribution in [0.3, 0.4) is 0 Å². The molecule has 1 aromatic carbocycles. The summed E-state index contributed by atoms with van der Waals surface area (Å²) in [5.74, 6) is 1.31. The van der Waals surface area contributed by atoms with Crippen LogP contribution in [-0.4, -0.2) is 17.0 Å². The molecular formula is C13H19NS. The van der Waals surface area contributed by atoms with E-state index < -0.39 is 0 Å². The van der Waals surface area contributed by atoms with Gasteiger partial charge in [-0.05, 0) is 37.0 Å². The lowest BCUT2D eigenvalue weighted by Crippen LogP contribution is -2.31. The highest BCUT2D eigenvalue weighted by Gasteiger charge is 2.21. The summed E-state index contributed by atoms with van der Waals surface area (Å²) in [4.78, 5) is 0. The molecule has 1 heterocycles. The van der Waals surface area contributed by atoms with Gasteiger partial charge in [-0.1, -0.05) is 30.3 Å². The average Bonchev–Trinajstić information content (AvgIpc) is 2.81. The average molecular weight is 221 g/mol. The molecule has 1 fully saturated rings. The van der Waals surface area contributed by atoms with Gasteiger partial charge in [-0.15, -0.1) is 0 Å². The van der Waals surface area contributed by atoms with Gasteiger partial charge in [0.1, 0.15) is 0 Å². The first-order valence-corrected chi connectivity index (χ1v) is 6.82. The van der Waals surface area contributed by atoms with Crippen molar-refractivity contribution in [3.63, 3.8) is 0 Å². The quantitative estimate of drug-likeness (QED) is 0.846. The lowest BCUT2D eigenvalue weighted by atomic mass is 10.0. The molecule has 0 amide bonds. The molecule has 0 spiro atoms. The van der Waals surface area contributed by atoms with Crippen molar-refractivity contribution in [3.8, 4) is 0 Å². The van der Waals surface area contributed by atoms with Crippen LogP contribution in [0.25, 0.3) is 0 Å². The molecule has 2 rings (SSSR count). The van der Waals surface area contributed by atoms with E-state index in [1.807, 2.05) is 0 Å². The van der Waals surface area contributed by atoms with Gasteiger partial charge in [-0.25, -0.2) is 0 Å². The number of hydrogen-bond donors (Lipinski definition) is 1. The summed E-state index contributed by atoms with van der Waals surface area (Å²) >= 11 is 2.06. The van der Waals surface area contributed by atoms with E-state index in [1.54, 1.807) is 0 Å². The standard InChI is InChI=1S/C13H19NS/c14-12(13-7-4-10-15-13)9-8-11-5-2-1-3-6-11/h1-3,5-6,12-13H,4,7-10,14H2. The van der Waals surface area contributed by atoms with Gasteiger partial charge in [0, 0.05) is 11.3 Å². The molecule has 1 saturated heterocycles. The predicted octanol–water partition coefficient (Wildman–Crippen LogP) is 2.84. The Hall–Kier alpha value is -0.470. The minimum atomic E-state index is 0.387. The van der Waals surface area contributed by atoms with Crippen LogP contribution in [0.5, 0.6) is 0 Å². The summed E-state index contributed by atoms with van der Waals surface area (Å²) in [6, 6.07) is 11.0. The molecule has 0 aromatic heterocycles. The van der Waals surface area contributed by atoms with E-state index in [2.05, 4.69) is 42.1 Å². The van der Waals surface area contributed by atoms with Gasteiger partial charge < -0.3 is 5.73 Å². The molecule has 1 nitrogen and oxygen atoms in total. The third-order valence-corrected chi connectivity index (χ3v) is 4.59. The SMILES string of the molecule is NC(CCc1ccccc1)C1CCCS1. The van der Waals surface area contributed by atoms with E-state index in [0.717, 1.165) is 12.8 Å². The maximum absolute atomic E-state index is 6.21. The Kier molecular flexibility index (Phi) is 4.09. The molecule has 2 unspecified atom stereocenters. The Bertz CT molecular complexity index is 280. The van der Waals surface area contributed by atoms with Crippen molar-refractivity contribution in [1.82, 2.24) is 0 Å². The number of thioether (sulfide) groups is 1. The highest BCUT2D eigenvalue weighted by molar-refractivity contribution is 8.00. The Morgan fingerprint density at radius 1 is 1.33 bits per heavy atom. The van der Waals surface area contributed by atoms with Crippen molar-refractivity contribution in [1.29, 1.82) is 0 Å². The summed E-state index contributed by atoms with van der Waals surface area (Å²) in [7, 11) is 0. The smallest absolute Gasteiger partial charge is 0.0199 e. The molecule has 1 aliphatic rings. The molecule has 0 aliphatic carbocycles. The van der Waals surface area contributed by atoms with E-state index in [9.17, 15) is 0 Å². The van der Waals surface area contributed by atoms with Crippen LogP contribution in [0.2, 0.25) is 0 Å². The normalized spacial score (nSPS) is 22.9. The number of rotatable bonds is 4. The third kappa shape index (κ3) is 3.25. The van der Waals surface area contributed by atoms with Crippen molar-refractivity contribution >= 4 is 11.8 Å². The van der Waals surface area contributed by atoms with Gasteiger partial charge in [0.2, 0.25) is 0 Å². The summed E-state index contributed by atoms with van der Waals surface area (Å²) in [5, 5.41) is 0.716. The lowest BCUT2D eigenvalue weighted by molar-refractivity contribution is 0.570. The zero-order chi connectivity index (χ0) is 10.5. The number of benzene rings is 1. The van der Waals surface area contributed by atoms with Gasteiger partial charge in [0.05, 0.1) is 0 Å². The Labute approximate surface area is 96.4 Å². The zero-order valence-corrected chi connectivity index (χ0v) is 9.88. The second-order valence-corrected chi connectivity index (χ2v) is 5.59. The molecule has 2 N–H and O–H groups in total. The number of nitrogens with two attached hydrogens (primary N) is 1. The molecule has 2 heteroatoms. The molecule has 1 aromatic rings. The number of hydrogen-bond acceptors (Lipinski definition) is 2. The van der Waals surface area contributed by atoms with Crippen molar-refractivity contribution in [2.75, 3.05) is 5.75 Å². The topological polar surface area (TPSA) is 26.0 Å². The highest BCUT2D eigenvalue weighted by atomic mass is 32.2. The van der Waals surface area contributed by atoms with Gasteiger partial charge >= 0.3 is 0 Å². The van der Waals surface area contributed by atoms with E-state index >= 15 is 0 Å². The van der Waals surface area contributed by atoms with Gasteiger partial charge in [-0.3, -0.25) is 0 Å². The van der Waals surface area contributed by atoms with E-state index in [0.29, 0.717) is 11.3 Å². The summed E-state index contributed by atoms with van der Waals surface area (Å²) in [6.45, 7) is 0. The summed E-state index contributed by atoms with van der Waals surface area (Å²) in [5.41, 5.74) is 7.62. The first kappa shape index (κ1) is 11.0. The predicted molar refractivity (Wildman–Crippen MR) is 68.2 cm³/mol. The van der Waals surface area contributed by atoms with Crippen LogP contribution in [0, 0.1) is 0 Å². The summed E-state index contributed by atoms with van der Waals surface area (Å²) in [6.07, 6.45) is 4.93. The molecule has 0 radical (unpaired) electrons. The lowest BCUT2D eigenvalue weighted by Gasteiger charge is -2.17. The van der Waals surface area contributed by atoms with Crippen molar-refractivity contribution < 1.29 is 0 Å². The molecule has 15 heavy (non-hydrogen) atoms. The highest BCUT2D eigenvalue weighted by Crippen LogP contribution is 2.29. The Morgan fingerprint density at radius 2 is 2.13 bits per heavy atom. The monoisotopic (exact) mass is 221 g/mol. The van der Waals surface area contributed by atoms with Crippen LogP contribution in [-0.2, 0) is 6.42 Å². The van der Waals surface area contributed by atoms with Gasteiger partial charge in [-0.2, -0.15) is 11.8 Å². The van der Waals surface area contributed by atoms with Crippen molar-refractivity contribution in [2.45, 2.75) is 37.0 Å². The fraction of sp³-hybridized carbons (Fsp3) is 0.538. The first-order valence-electron chi connectivity index (χ1n) is 5.77. The maximum Gasteiger partial charge on any atom is 0.0199 e. The van der Waals surface area contributed by atoms with Crippen LogP contribution in [0.4, 0.5) is 0 Å². The Morgan fingerprint density at radius 3 is 2.80 bits per heavy atom. The van der Waals surface area contributed by atoms with Crippen LogP contribution in [0.15, 0.2) is 30.3 Å². The molecule has 1 aliphatic heterocycles. The van der Waals surface area contributed by atoms with E-state index in [4.69, 9.17) is 5.73 Å². The van der Waals surface area contributed by atoms with E-state index in [-0.39, 0.29) is 0 Å². The minimum absolute atomic E-state index is 0.387. The van der Waals surface area contributed by atoms with Crippen LogP contribution < -0.4 is 5.73 Å². The van der Waals surface area contributed by atoms with E-state index in [1.165, 1.54) is 24.2 Å². The molecular weight excluding hydrogens is 202 g/mol. The van der Waals surface area contributed by atoms with Crippen molar-refractivity contribution in [2.24, 2.45) is 5.73 Å². The van der Waals surface area contributed by atoms with Crippen molar-refractivity contribution in [3.05, 3.63) is 35.9 Å². The Balaban J connectivity index is 1.77. The molecule has 0 bridgehead atoms. The summed E-state index contributed by atoms with van der Waals surface area (Å²) < 4.78 is 0. The molecule has 82 valence electrons. The van der Waals surface area contributed by atoms with Gasteiger partial charge in [0.15, 0.2) is 0 Å². The van der Waals surface area contributed by atoms with Crippen LogP contribution in [0.1, 0.15) is 24.8 Å². The maximum atomic E-state index is 6.21.